The lowest BCUT2D eigenvalue weighted by atomic mass is 9.92. The van der Waals surface area contributed by atoms with E-state index in [1.54, 1.807) is 29.5 Å². The number of aromatic carboxylic acids is 1. The summed E-state index contributed by atoms with van der Waals surface area (Å²) in [5, 5.41) is 18.7. The number of aromatic nitrogens is 2. The van der Waals surface area contributed by atoms with E-state index in [-0.39, 0.29) is 22.5 Å². The Bertz CT molecular complexity index is 1860. The molecule has 0 atom stereocenters. The van der Waals surface area contributed by atoms with Gasteiger partial charge in [-0.2, -0.15) is 0 Å². The first-order chi connectivity index (χ1) is 19.9. The van der Waals surface area contributed by atoms with Crippen LogP contribution in [0.4, 0.5) is 5.69 Å². The van der Waals surface area contributed by atoms with Gasteiger partial charge < -0.3 is 25.5 Å². The summed E-state index contributed by atoms with van der Waals surface area (Å²) in [7, 11) is 0. The number of amides is 2. The van der Waals surface area contributed by atoms with Crippen molar-refractivity contribution in [2.24, 2.45) is 0 Å². The van der Waals surface area contributed by atoms with Crippen LogP contribution in [0.5, 0.6) is 5.75 Å². The van der Waals surface area contributed by atoms with Gasteiger partial charge in [0.15, 0.2) is 5.69 Å². The van der Waals surface area contributed by atoms with Gasteiger partial charge in [0.2, 0.25) is 0 Å². The fraction of sp³-hybridized carbons (Fsp3) is 0.133. The van der Waals surface area contributed by atoms with E-state index in [9.17, 15) is 19.5 Å². The van der Waals surface area contributed by atoms with Gasteiger partial charge in [0.1, 0.15) is 18.1 Å². The Balaban J connectivity index is 1.49. The molecule has 6 rings (SSSR count). The number of aromatic amines is 1. The molecular weight excluding hydrogens is 608 g/mol. The molecule has 0 aliphatic carbocycles. The second-order valence-corrected chi connectivity index (χ2v) is 11.1. The minimum atomic E-state index is -1.32. The monoisotopic (exact) mass is 630 g/mol. The highest BCUT2D eigenvalue weighted by atomic mass is 79.9. The lowest BCUT2D eigenvalue weighted by Gasteiger charge is -2.21. The van der Waals surface area contributed by atoms with Gasteiger partial charge >= 0.3 is 5.97 Å². The molecule has 3 aromatic heterocycles. The van der Waals surface area contributed by atoms with Crippen LogP contribution in [0.3, 0.4) is 0 Å². The van der Waals surface area contributed by atoms with Gasteiger partial charge in [-0.25, -0.2) is 9.78 Å². The molecule has 2 aromatic carbocycles. The summed E-state index contributed by atoms with van der Waals surface area (Å²) < 4.78 is 6.73. The summed E-state index contributed by atoms with van der Waals surface area (Å²) in [6.45, 7) is 2.71. The molecule has 9 nitrogen and oxygen atoms in total. The molecule has 4 N–H and O–H groups in total. The number of carbonyl (C=O) groups excluding carboxylic acids is 2. The molecular formula is C30H23BrN4O5S. The minimum Gasteiger partial charge on any atom is -0.488 e. The highest BCUT2D eigenvalue weighted by molar-refractivity contribution is 9.10. The number of carboxylic acid groups (broad SMARTS) is 1. The first kappa shape index (κ1) is 26.7. The van der Waals surface area contributed by atoms with Crippen LogP contribution in [0.2, 0.25) is 0 Å². The van der Waals surface area contributed by atoms with Gasteiger partial charge in [0, 0.05) is 56.3 Å². The van der Waals surface area contributed by atoms with Crippen molar-refractivity contribution in [1.82, 2.24) is 15.3 Å². The normalized spacial score (nSPS) is 11.9. The number of carboxylic acids is 1. The zero-order chi connectivity index (χ0) is 28.7. The van der Waals surface area contributed by atoms with Gasteiger partial charge in [-0.3, -0.25) is 9.59 Å². The smallest absolute Gasteiger partial charge is 0.355 e. The standard InChI is InChI=1S/C30H23BrN4O5S/c1-2-9-33-29(37)23-4-3-16(26(34-23)30(38)39)18-13-24-20(27-15(14-40-24)8-11-41-27)12-19(18)28(36)35-22-6-5-21-17(25(22)31)7-10-32-21/h3-8,10-13,32H,2,9,14H2,1H3,(H,33,37)(H,35,36)(H,38,39). The van der Waals surface area contributed by atoms with Crippen molar-refractivity contribution in [2.45, 2.75) is 20.0 Å². The number of H-pyrrole nitrogens is 1. The molecule has 2 amide bonds. The number of hydrogen-bond acceptors (Lipinski definition) is 6. The topological polar surface area (TPSA) is 133 Å². The Morgan fingerprint density at radius 2 is 1.93 bits per heavy atom. The van der Waals surface area contributed by atoms with Crippen LogP contribution < -0.4 is 15.4 Å². The van der Waals surface area contributed by atoms with Crippen molar-refractivity contribution in [3.05, 3.63) is 87.1 Å². The van der Waals surface area contributed by atoms with E-state index in [1.807, 2.05) is 36.7 Å². The number of fused-ring (bicyclic) bond motifs is 4. The largest absolute Gasteiger partial charge is 0.488 e. The second-order valence-electron chi connectivity index (χ2n) is 9.43. The maximum Gasteiger partial charge on any atom is 0.355 e. The van der Waals surface area contributed by atoms with Gasteiger partial charge in [0.05, 0.1) is 10.2 Å². The number of halogens is 1. The van der Waals surface area contributed by atoms with Gasteiger partial charge in [0.25, 0.3) is 11.8 Å². The first-order valence-corrected chi connectivity index (χ1v) is 14.5. The van der Waals surface area contributed by atoms with E-state index in [2.05, 4.69) is 36.5 Å². The molecule has 0 saturated carbocycles. The Hall–Kier alpha value is -4.48. The lowest BCUT2D eigenvalue weighted by molar-refractivity contribution is 0.0691. The number of anilines is 1. The molecule has 0 radical (unpaired) electrons. The van der Waals surface area contributed by atoms with Crippen LogP contribution >= 0.6 is 27.3 Å². The molecule has 4 heterocycles. The van der Waals surface area contributed by atoms with Crippen LogP contribution in [-0.4, -0.2) is 39.4 Å². The Morgan fingerprint density at radius 3 is 2.73 bits per heavy atom. The number of pyridine rings is 1. The molecule has 206 valence electrons. The van der Waals surface area contributed by atoms with Crippen LogP contribution in [0.1, 0.15) is 50.2 Å². The summed E-state index contributed by atoms with van der Waals surface area (Å²) in [6.07, 6.45) is 2.54. The Labute approximate surface area is 246 Å². The third-order valence-corrected chi connectivity index (χ3v) is 8.66. The Morgan fingerprint density at radius 1 is 1.07 bits per heavy atom. The fourth-order valence-electron chi connectivity index (χ4n) is 4.81. The van der Waals surface area contributed by atoms with Gasteiger partial charge in [-0.15, -0.1) is 11.3 Å². The summed E-state index contributed by atoms with van der Waals surface area (Å²) >= 11 is 5.14. The molecule has 11 heteroatoms. The molecule has 0 fully saturated rings. The van der Waals surface area contributed by atoms with E-state index in [4.69, 9.17) is 4.74 Å². The average Bonchev–Trinajstić information content (AvgIpc) is 3.66. The Kier molecular flexibility index (Phi) is 7.06. The van der Waals surface area contributed by atoms with E-state index in [1.165, 1.54) is 12.1 Å². The van der Waals surface area contributed by atoms with Gasteiger partial charge in [-0.05, 0) is 76.3 Å². The van der Waals surface area contributed by atoms with Crippen LogP contribution in [0, 0.1) is 0 Å². The molecule has 0 unspecified atom stereocenters. The number of carbonyl (C=O) groups is 3. The zero-order valence-corrected chi connectivity index (χ0v) is 24.1. The first-order valence-electron chi connectivity index (χ1n) is 12.8. The number of hydrogen-bond donors (Lipinski definition) is 4. The second kappa shape index (κ2) is 10.8. The summed E-state index contributed by atoms with van der Waals surface area (Å²) in [4.78, 5) is 47.2. The minimum absolute atomic E-state index is 0.0215. The van der Waals surface area contributed by atoms with E-state index < -0.39 is 17.8 Å². The van der Waals surface area contributed by atoms with Crippen molar-refractivity contribution in [3.8, 4) is 27.3 Å². The van der Waals surface area contributed by atoms with Crippen molar-refractivity contribution in [1.29, 1.82) is 0 Å². The third kappa shape index (κ3) is 4.87. The SMILES string of the molecule is CCCNC(=O)c1ccc(-c2cc3c(cc2C(=O)Nc2ccc4[nH]ccc4c2Br)-c2sccc2CO3)c(C(=O)O)n1. The quantitative estimate of drug-likeness (QED) is 0.158. The molecule has 0 spiro atoms. The molecule has 1 aliphatic rings. The maximum atomic E-state index is 13.9. The van der Waals surface area contributed by atoms with Crippen molar-refractivity contribution in [2.75, 3.05) is 11.9 Å². The summed E-state index contributed by atoms with van der Waals surface area (Å²) in [5.74, 6) is -1.70. The van der Waals surface area contributed by atoms with Crippen molar-refractivity contribution < 1.29 is 24.2 Å². The molecule has 5 aromatic rings. The van der Waals surface area contributed by atoms with E-state index >= 15 is 0 Å². The van der Waals surface area contributed by atoms with Crippen LogP contribution in [-0.2, 0) is 6.61 Å². The molecule has 0 saturated heterocycles. The van der Waals surface area contributed by atoms with Crippen molar-refractivity contribution in [3.63, 3.8) is 0 Å². The fourth-order valence-corrected chi connectivity index (χ4v) is 6.32. The number of nitrogens with zero attached hydrogens (tertiary/aromatic N) is 1. The number of ether oxygens (including phenoxy) is 1. The summed E-state index contributed by atoms with van der Waals surface area (Å²) in [5.41, 5.74) is 3.61. The number of nitrogens with one attached hydrogen (secondary N) is 3. The predicted molar refractivity (Wildman–Crippen MR) is 161 cm³/mol. The van der Waals surface area contributed by atoms with Crippen LogP contribution in [0.25, 0.3) is 32.5 Å². The molecule has 0 bridgehead atoms. The molecule has 1 aliphatic heterocycles. The zero-order valence-electron chi connectivity index (χ0n) is 21.7. The van der Waals surface area contributed by atoms with Crippen molar-refractivity contribution >= 4 is 61.6 Å². The number of rotatable bonds is 7. The highest BCUT2D eigenvalue weighted by Crippen LogP contribution is 2.45. The summed E-state index contributed by atoms with van der Waals surface area (Å²) in [6, 6.07) is 13.9. The average molecular weight is 632 g/mol. The highest BCUT2D eigenvalue weighted by Gasteiger charge is 2.27. The third-order valence-electron chi connectivity index (χ3n) is 6.81. The predicted octanol–water partition coefficient (Wildman–Crippen LogP) is 6.70. The van der Waals surface area contributed by atoms with E-state index in [0.717, 1.165) is 33.3 Å². The van der Waals surface area contributed by atoms with E-state index in [0.29, 0.717) is 34.6 Å². The van der Waals surface area contributed by atoms with Crippen LogP contribution in [0.15, 0.2) is 64.6 Å². The lowest BCUT2D eigenvalue weighted by Crippen LogP contribution is -2.25. The van der Waals surface area contributed by atoms with Gasteiger partial charge in [-0.1, -0.05) is 6.92 Å². The number of thiophene rings is 1. The molecule has 41 heavy (non-hydrogen) atoms. The maximum absolute atomic E-state index is 13.9. The number of benzene rings is 2.